The fraction of sp³-hybridized carbons (Fsp3) is 0. The maximum Gasteiger partial charge on any atom is 0.296 e. The second kappa shape index (κ2) is 5.81. The Morgan fingerprint density at radius 2 is 1.43 bits per heavy atom. The van der Waals surface area contributed by atoms with Gasteiger partial charge in [0.15, 0.2) is 0 Å². The van der Waals surface area contributed by atoms with Gasteiger partial charge in [-0.2, -0.15) is 8.42 Å². The number of halogens is 3. The Morgan fingerprint density at radius 1 is 1.00 bits per heavy atom. The Balaban J connectivity index is 0.00000169. The van der Waals surface area contributed by atoms with Gasteiger partial charge in [-0.3, -0.25) is 4.55 Å². The van der Waals surface area contributed by atoms with E-state index in [-0.39, 0.29) is 66.5 Å². The molecule has 0 aliphatic heterocycles. The summed E-state index contributed by atoms with van der Waals surface area (Å²) in [5.41, 5.74) is 0. The van der Waals surface area contributed by atoms with Crippen LogP contribution in [-0.4, -0.2) is 64.4 Å². The van der Waals surface area contributed by atoms with Gasteiger partial charge in [0.25, 0.3) is 10.1 Å². The maximum atomic E-state index is 10.7. The summed E-state index contributed by atoms with van der Waals surface area (Å²) < 4.78 is 30.0. The molecule has 0 saturated carbocycles. The molecule has 1 aromatic carbocycles. The summed E-state index contributed by atoms with van der Waals surface area (Å²) in [6, 6.07) is 2.14. The van der Waals surface area contributed by atoms with Gasteiger partial charge in [-0.1, -0.05) is 34.8 Å². The summed E-state index contributed by atoms with van der Waals surface area (Å²) >= 11 is 16.6. The van der Waals surface area contributed by atoms with E-state index in [9.17, 15) is 8.42 Å². The van der Waals surface area contributed by atoms with Crippen LogP contribution in [0, 0.1) is 0 Å². The first kappa shape index (κ1) is 15.6. The number of hydrogen-bond donors (Lipinski definition) is 1. The summed E-state index contributed by atoms with van der Waals surface area (Å²) in [6.07, 6.45) is 0. The molecule has 73 valence electrons. The summed E-state index contributed by atoms with van der Waals surface area (Å²) in [5, 5.41) is -0.0327. The van der Waals surface area contributed by atoms with Crippen molar-refractivity contribution in [2.24, 2.45) is 0 Å². The zero-order valence-corrected chi connectivity index (χ0v) is 13.2. The Hall–Kier alpha value is 1.64. The minimum absolute atomic E-state index is 0. The first-order valence-electron chi connectivity index (χ1n) is 2.94. The third-order valence-electron chi connectivity index (χ3n) is 1.25. The Morgan fingerprint density at radius 3 is 1.86 bits per heavy atom. The molecule has 8 heteroatoms. The van der Waals surface area contributed by atoms with Crippen LogP contribution in [0.1, 0.15) is 0 Å². The van der Waals surface area contributed by atoms with Gasteiger partial charge in [0.2, 0.25) is 0 Å². The topological polar surface area (TPSA) is 54.4 Å². The van der Waals surface area contributed by atoms with Gasteiger partial charge in [-0.25, -0.2) is 0 Å². The van der Waals surface area contributed by atoms with Crippen LogP contribution in [-0.2, 0) is 10.1 Å². The minimum Gasteiger partial charge on any atom is -0.282 e. The Kier molecular flexibility index (Phi) is 6.49. The van der Waals surface area contributed by atoms with E-state index in [4.69, 9.17) is 39.4 Å². The van der Waals surface area contributed by atoms with E-state index in [1.807, 2.05) is 0 Å². The van der Waals surface area contributed by atoms with Crippen molar-refractivity contribution in [2.45, 2.75) is 4.90 Å². The molecule has 1 N–H and O–H groups in total. The third kappa shape index (κ3) is 3.90. The number of rotatable bonds is 1. The van der Waals surface area contributed by atoms with Crippen LogP contribution in [0.5, 0.6) is 0 Å². The fourth-order valence-corrected chi connectivity index (χ4v) is 2.18. The molecule has 0 aliphatic carbocycles. The normalized spacial score (nSPS) is 10.9. The van der Waals surface area contributed by atoms with Crippen LogP contribution in [0.4, 0.5) is 0 Å². The number of hydrogen-bond acceptors (Lipinski definition) is 2. The minimum atomic E-state index is -4.35. The Labute approximate surface area is 139 Å². The molecule has 0 unspecified atom stereocenters. The zero-order chi connectivity index (χ0) is 10.2. The van der Waals surface area contributed by atoms with Crippen LogP contribution in [0.3, 0.4) is 0 Å². The first-order valence-corrected chi connectivity index (χ1v) is 5.52. The largest absolute Gasteiger partial charge is 0.296 e. The van der Waals surface area contributed by atoms with E-state index < -0.39 is 15.0 Å². The second-order valence-electron chi connectivity index (χ2n) is 2.17. The molecule has 0 heterocycles. The summed E-state index contributed by atoms with van der Waals surface area (Å²) in [4.78, 5) is -0.455. The SMILES string of the molecule is O=S(=O)(O)c1cc(Cl)c(Cl)cc1Cl.[K]. The van der Waals surface area contributed by atoms with Crippen LogP contribution in [0.15, 0.2) is 17.0 Å². The van der Waals surface area contributed by atoms with Crippen molar-refractivity contribution in [3.63, 3.8) is 0 Å². The molecule has 0 aliphatic rings. The van der Waals surface area contributed by atoms with Gasteiger partial charge in [0.05, 0.1) is 15.1 Å². The first-order chi connectivity index (χ1) is 5.82. The molecule has 0 amide bonds. The van der Waals surface area contributed by atoms with E-state index in [1.165, 1.54) is 0 Å². The standard InChI is InChI=1S/C6H3Cl3O3S.K/c7-3-1-5(9)6(2-4(3)8)13(10,11)12;/h1-2H,(H,10,11,12);. The van der Waals surface area contributed by atoms with Crippen molar-refractivity contribution in [3.05, 3.63) is 27.2 Å². The average Bonchev–Trinajstić information content (AvgIpc) is 1.94. The molecular weight excluding hydrogens is 298 g/mol. The van der Waals surface area contributed by atoms with Crippen molar-refractivity contribution < 1.29 is 13.0 Å². The molecule has 0 bridgehead atoms. The molecule has 14 heavy (non-hydrogen) atoms. The van der Waals surface area contributed by atoms with Crippen molar-refractivity contribution in [2.75, 3.05) is 0 Å². The molecule has 3 nitrogen and oxygen atoms in total. The molecule has 0 saturated heterocycles. The van der Waals surface area contributed by atoms with E-state index in [2.05, 4.69) is 0 Å². The molecule has 0 atom stereocenters. The number of benzene rings is 1. The monoisotopic (exact) mass is 299 g/mol. The predicted molar refractivity (Wildman–Crippen MR) is 57.0 cm³/mol. The van der Waals surface area contributed by atoms with E-state index in [0.717, 1.165) is 12.1 Å². The molecule has 1 radical (unpaired) electrons. The molecule has 0 aromatic heterocycles. The van der Waals surface area contributed by atoms with Crippen LogP contribution in [0.25, 0.3) is 0 Å². The summed E-state index contributed by atoms with van der Waals surface area (Å²) in [7, 11) is -4.35. The van der Waals surface area contributed by atoms with Crippen molar-refractivity contribution >= 4 is 96.3 Å². The smallest absolute Gasteiger partial charge is 0.282 e. The summed E-state index contributed by atoms with van der Waals surface area (Å²) in [5.74, 6) is 0. The van der Waals surface area contributed by atoms with Crippen molar-refractivity contribution in [1.29, 1.82) is 0 Å². The van der Waals surface area contributed by atoms with Gasteiger partial charge in [-0.05, 0) is 12.1 Å². The van der Waals surface area contributed by atoms with Gasteiger partial charge in [0, 0.05) is 51.4 Å². The van der Waals surface area contributed by atoms with Crippen molar-refractivity contribution in [3.8, 4) is 0 Å². The molecule has 1 rings (SSSR count). The van der Waals surface area contributed by atoms with Crippen LogP contribution in [0.2, 0.25) is 15.1 Å². The quantitative estimate of drug-likeness (QED) is 0.492. The van der Waals surface area contributed by atoms with E-state index in [1.54, 1.807) is 0 Å². The van der Waals surface area contributed by atoms with Crippen LogP contribution < -0.4 is 0 Å². The molecule has 1 aromatic rings. The van der Waals surface area contributed by atoms with E-state index in [0.29, 0.717) is 0 Å². The second-order valence-corrected chi connectivity index (χ2v) is 4.78. The van der Waals surface area contributed by atoms with Gasteiger partial charge >= 0.3 is 0 Å². The molecule has 0 fully saturated rings. The van der Waals surface area contributed by atoms with Crippen LogP contribution >= 0.6 is 34.8 Å². The van der Waals surface area contributed by atoms with Crippen molar-refractivity contribution in [1.82, 2.24) is 0 Å². The third-order valence-corrected chi connectivity index (χ3v) is 3.29. The predicted octanol–water partition coefficient (Wildman–Crippen LogP) is 2.51. The summed E-state index contributed by atoms with van der Waals surface area (Å²) in [6.45, 7) is 0. The van der Waals surface area contributed by atoms with Gasteiger partial charge in [-0.15, -0.1) is 0 Å². The fourth-order valence-electron chi connectivity index (χ4n) is 0.702. The maximum absolute atomic E-state index is 10.7. The zero-order valence-electron chi connectivity index (χ0n) is 6.96. The van der Waals surface area contributed by atoms with Gasteiger partial charge in [0.1, 0.15) is 4.90 Å². The molecular formula is C6H3Cl3KO3S. The Bertz CT molecular complexity index is 446. The van der Waals surface area contributed by atoms with E-state index >= 15 is 0 Å². The average molecular weight is 301 g/mol. The molecule has 0 spiro atoms. The van der Waals surface area contributed by atoms with Gasteiger partial charge < -0.3 is 0 Å².